The van der Waals surface area contributed by atoms with Crippen molar-refractivity contribution in [1.82, 2.24) is 29.9 Å². The van der Waals surface area contributed by atoms with Gasteiger partial charge in [0.1, 0.15) is 0 Å². The summed E-state index contributed by atoms with van der Waals surface area (Å²) in [6.07, 6.45) is 7.36. The number of carbonyl (C=O) groups is 1. The van der Waals surface area contributed by atoms with E-state index >= 15 is 0 Å². The maximum atomic E-state index is 12.3. The molecule has 4 aromatic rings. The Morgan fingerprint density at radius 1 is 1.19 bits per heavy atom. The quantitative estimate of drug-likeness (QED) is 0.438. The van der Waals surface area contributed by atoms with Crippen LogP contribution in [0.1, 0.15) is 27.9 Å². The Labute approximate surface area is 184 Å². The number of amides is 1. The topological polar surface area (TPSA) is 122 Å². The zero-order chi connectivity index (χ0) is 22.5. The highest BCUT2D eigenvalue weighted by molar-refractivity contribution is 5.93. The zero-order valence-corrected chi connectivity index (χ0v) is 17.4. The lowest BCUT2D eigenvalue weighted by Crippen LogP contribution is -2.25. The molecule has 0 spiro atoms. The Morgan fingerprint density at radius 3 is 2.75 bits per heavy atom. The molecule has 0 saturated heterocycles. The van der Waals surface area contributed by atoms with Gasteiger partial charge in [0.05, 0.1) is 29.0 Å². The molecule has 160 valence electrons. The minimum absolute atomic E-state index is 0.0684. The molecule has 0 aliphatic heterocycles. The summed E-state index contributed by atoms with van der Waals surface area (Å²) in [7, 11) is 0. The molecule has 9 nitrogen and oxygen atoms in total. The molecule has 0 aliphatic carbocycles. The summed E-state index contributed by atoms with van der Waals surface area (Å²) in [6, 6.07) is 12.5. The van der Waals surface area contributed by atoms with E-state index in [0.717, 1.165) is 24.1 Å². The molecular weight excluding hydrogens is 406 g/mol. The standard InChI is InChI=1S/C23H21N7O2/c1-16-12-17(13-24)4-6-19(16)20-15-28-30(23(20)32)21-7-5-18(14-26-21)22(31)25-8-2-10-29-11-3-9-27-29/h3-7,9,11-12,14-15,32H,2,8,10H2,1H3,(H,25,31). The van der Waals surface area contributed by atoms with Gasteiger partial charge in [0.2, 0.25) is 5.88 Å². The van der Waals surface area contributed by atoms with Crippen LogP contribution in [0.3, 0.4) is 0 Å². The van der Waals surface area contributed by atoms with Gasteiger partial charge in [0, 0.05) is 31.7 Å². The third-order valence-electron chi connectivity index (χ3n) is 5.03. The van der Waals surface area contributed by atoms with Gasteiger partial charge in [-0.3, -0.25) is 9.48 Å². The molecule has 0 unspecified atom stereocenters. The first kappa shape index (κ1) is 20.8. The fourth-order valence-corrected chi connectivity index (χ4v) is 3.36. The number of nitrogens with one attached hydrogen (secondary N) is 1. The fourth-order valence-electron chi connectivity index (χ4n) is 3.36. The normalized spacial score (nSPS) is 10.6. The average Bonchev–Trinajstić information content (AvgIpc) is 3.46. The lowest BCUT2D eigenvalue weighted by atomic mass is 10.0. The van der Waals surface area contributed by atoms with E-state index in [0.29, 0.717) is 29.1 Å². The number of aromatic hydroxyl groups is 1. The number of rotatable bonds is 7. The number of benzene rings is 1. The molecule has 0 atom stereocenters. The molecule has 0 saturated carbocycles. The summed E-state index contributed by atoms with van der Waals surface area (Å²) in [5, 5.41) is 30.9. The Kier molecular flexibility index (Phi) is 5.94. The van der Waals surface area contributed by atoms with E-state index in [4.69, 9.17) is 5.26 Å². The first-order valence-electron chi connectivity index (χ1n) is 10.1. The predicted molar refractivity (Wildman–Crippen MR) is 117 cm³/mol. The summed E-state index contributed by atoms with van der Waals surface area (Å²) < 4.78 is 3.12. The molecule has 0 fully saturated rings. The zero-order valence-electron chi connectivity index (χ0n) is 17.4. The second kappa shape index (κ2) is 9.14. The van der Waals surface area contributed by atoms with Crippen LogP contribution in [-0.2, 0) is 6.54 Å². The number of nitrogens with zero attached hydrogens (tertiary/aromatic N) is 6. The smallest absolute Gasteiger partial charge is 0.252 e. The molecule has 4 rings (SSSR count). The maximum absolute atomic E-state index is 12.3. The van der Waals surface area contributed by atoms with Crippen LogP contribution in [0.5, 0.6) is 5.88 Å². The van der Waals surface area contributed by atoms with E-state index in [2.05, 4.69) is 26.6 Å². The number of hydrogen-bond donors (Lipinski definition) is 2. The molecule has 2 N–H and O–H groups in total. The molecule has 0 bridgehead atoms. The molecule has 9 heteroatoms. The number of carbonyl (C=O) groups excluding carboxylic acids is 1. The molecule has 3 aromatic heterocycles. The van der Waals surface area contributed by atoms with Crippen LogP contribution >= 0.6 is 0 Å². The largest absolute Gasteiger partial charge is 0.493 e. The van der Waals surface area contributed by atoms with E-state index in [9.17, 15) is 9.90 Å². The van der Waals surface area contributed by atoms with Crippen molar-refractivity contribution in [3.63, 3.8) is 0 Å². The van der Waals surface area contributed by atoms with Gasteiger partial charge in [-0.1, -0.05) is 6.07 Å². The highest BCUT2D eigenvalue weighted by atomic mass is 16.3. The summed E-state index contributed by atoms with van der Waals surface area (Å²) in [5.74, 6) is 0.0968. The third-order valence-corrected chi connectivity index (χ3v) is 5.03. The number of aromatic nitrogens is 5. The first-order valence-corrected chi connectivity index (χ1v) is 10.1. The van der Waals surface area contributed by atoms with Gasteiger partial charge in [-0.2, -0.15) is 20.1 Å². The lowest BCUT2D eigenvalue weighted by molar-refractivity contribution is 0.0952. The van der Waals surface area contributed by atoms with Gasteiger partial charge in [0.25, 0.3) is 5.91 Å². The minimum Gasteiger partial charge on any atom is -0.493 e. The van der Waals surface area contributed by atoms with E-state index in [1.54, 1.807) is 42.7 Å². The fraction of sp³-hybridized carbons (Fsp3) is 0.174. The summed E-state index contributed by atoms with van der Waals surface area (Å²) in [6.45, 7) is 3.12. The third kappa shape index (κ3) is 4.34. The van der Waals surface area contributed by atoms with Crippen LogP contribution in [0.2, 0.25) is 0 Å². The van der Waals surface area contributed by atoms with Crippen LogP contribution < -0.4 is 5.32 Å². The highest BCUT2D eigenvalue weighted by Crippen LogP contribution is 2.32. The van der Waals surface area contributed by atoms with Crippen LogP contribution in [0.4, 0.5) is 0 Å². The molecule has 0 radical (unpaired) electrons. The van der Waals surface area contributed by atoms with Crippen LogP contribution in [0, 0.1) is 18.3 Å². The average molecular weight is 427 g/mol. The van der Waals surface area contributed by atoms with Crippen LogP contribution in [-0.4, -0.2) is 42.1 Å². The second-order valence-corrected chi connectivity index (χ2v) is 7.22. The molecule has 3 heterocycles. The Balaban J connectivity index is 1.43. The van der Waals surface area contributed by atoms with Crippen molar-refractivity contribution in [3.05, 3.63) is 77.9 Å². The number of nitriles is 1. The summed E-state index contributed by atoms with van der Waals surface area (Å²) in [5.41, 5.74) is 3.13. The van der Waals surface area contributed by atoms with Crippen molar-refractivity contribution in [2.75, 3.05) is 6.54 Å². The molecule has 1 aromatic carbocycles. The maximum Gasteiger partial charge on any atom is 0.252 e. The van der Waals surface area contributed by atoms with E-state index in [1.165, 1.54) is 10.9 Å². The van der Waals surface area contributed by atoms with E-state index in [1.807, 2.05) is 23.9 Å². The van der Waals surface area contributed by atoms with Gasteiger partial charge < -0.3 is 10.4 Å². The number of aryl methyl sites for hydroxylation is 2. The minimum atomic E-state index is -0.219. The summed E-state index contributed by atoms with van der Waals surface area (Å²) >= 11 is 0. The van der Waals surface area contributed by atoms with E-state index < -0.39 is 0 Å². The second-order valence-electron chi connectivity index (χ2n) is 7.22. The van der Waals surface area contributed by atoms with Crippen LogP contribution in [0.25, 0.3) is 16.9 Å². The van der Waals surface area contributed by atoms with Crippen LogP contribution in [0.15, 0.2) is 61.2 Å². The van der Waals surface area contributed by atoms with Crippen molar-refractivity contribution in [3.8, 4) is 28.9 Å². The lowest BCUT2D eigenvalue weighted by Gasteiger charge is -2.08. The predicted octanol–water partition coefficient (Wildman–Crippen LogP) is 2.84. The Hall–Kier alpha value is -4.45. The Bertz CT molecular complexity index is 1270. The van der Waals surface area contributed by atoms with Crippen molar-refractivity contribution in [1.29, 1.82) is 5.26 Å². The highest BCUT2D eigenvalue weighted by Gasteiger charge is 2.16. The first-order chi connectivity index (χ1) is 15.6. The van der Waals surface area contributed by atoms with Crippen molar-refractivity contribution in [2.24, 2.45) is 0 Å². The molecule has 1 amide bonds. The van der Waals surface area contributed by atoms with Gasteiger partial charge >= 0.3 is 0 Å². The molecular formula is C23H21N7O2. The summed E-state index contributed by atoms with van der Waals surface area (Å²) in [4.78, 5) is 16.6. The monoisotopic (exact) mass is 427 g/mol. The molecule has 32 heavy (non-hydrogen) atoms. The van der Waals surface area contributed by atoms with Crippen molar-refractivity contribution < 1.29 is 9.90 Å². The van der Waals surface area contributed by atoms with Gasteiger partial charge in [-0.15, -0.1) is 0 Å². The SMILES string of the molecule is Cc1cc(C#N)ccc1-c1cnn(-c2ccc(C(=O)NCCCn3cccn3)cn2)c1O. The van der Waals surface area contributed by atoms with Gasteiger partial charge in [0.15, 0.2) is 5.82 Å². The van der Waals surface area contributed by atoms with Gasteiger partial charge in [-0.25, -0.2) is 4.98 Å². The number of hydrogen-bond acceptors (Lipinski definition) is 6. The van der Waals surface area contributed by atoms with Crippen molar-refractivity contribution >= 4 is 5.91 Å². The number of pyridine rings is 1. The molecule has 0 aliphatic rings. The van der Waals surface area contributed by atoms with E-state index in [-0.39, 0.29) is 11.8 Å². The van der Waals surface area contributed by atoms with Gasteiger partial charge in [-0.05, 0) is 54.8 Å². The Morgan fingerprint density at radius 2 is 2.06 bits per heavy atom. The van der Waals surface area contributed by atoms with Crippen molar-refractivity contribution in [2.45, 2.75) is 19.9 Å².